The van der Waals surface area contributed by atoms with Crippen LogP contribution in [0.5, 0.6) is 0 Å². The molecule has 1 aliphatic rings. The number of hydrogen-bond acceptors (Lipinski definition) is 10. The van der Waals surface area contributed by atoms with Gasteiger partial charge in [-0.05, 0) is 54.6 Å². The van der Waals surface area contributed by atoms with Gasteiger partial charge < -0.3 is 15.0 Å². The molecule has 0 radical (unpaired) electrons. The maximum Gasteiger partial charge on any atom is 0.261 e. The highest BCUT2D eigenvalue weighted by Crippen LogP contribution is 2.26. The molecule has 186 valence electrons. The number of aryl methyl sites for hydroxylation is 1. The number of ether oxygens (including phenoxy) is 1. The van der Waals surface area contributed by atoms with Crippen molar-refractivity contribution in [2.45, 2.75) is 11.8 Å². The highest BCUT2D eigenvalue weighted by Gasteiger charge is 2.19. The zero-order valence-corrected chi connectivity index (χ0v) is 20.0. The third-order valence-electron chi connectivity index (χ3n) is 5.40. The molecule has 0 spiro atoms. The zero-order chi connectivity index (χ0) is 25.1. The molecule has 1 fully saturated rings. The van der Waals surface area contributed by atoms with Gasteiger partial charge in [0.1, 0.15) is 23.3 Å². The molecule has 0 unspecified atom stereocenters. The van der Waals surface area contributed by atoms with Crippen molar-refractivity contribution in [2.24, 2.45) is 0 Å². The van der Waals surface area contributed by atoms with Gasteiger partial charge in [-0.15, -0.1) is 10.2 Å². The van der Waals surface area contributed by atoms with Crippen LogP contribution in [0.25, 0.3) is 11.4 Å². The standard InChI is InChI=1S/C22H22FN9O3S/c1-14-24-20(13-21(25-14)32-8-10-35-11-9-32)26-15-2-4-16(5-3-15)29-36(33,34)17-6-7-19(23)18(12-17)22-27-30-31-28-22/h2-7,12-13,29H,8-11H2,1H3,(H,24,25,26)(H,27,28,30,31). The SMILES string of the molecule is Cc1nc(Nc2ccc(NS(=O)(=O)c3ccc(F)c(-c4nn[nH]n4)c3)cc2)cc(N2CCOCC2)n1. The van der Waals surface area contributed by atoms with E-state index < -0.39 is 15.8 Å². The average Bonchev–Trinajstić information content (AvgIpc) is 3.40. The number of anilines is 4. The first-order valence-corrected chi connectivity index (χ1v) is 12.5. The Morgan fingerprint density at radius 3 is 2.50 bits per heavy atom. The fourth-order valence-electron chi connectivity index (χ4n) is 3.67. The smallest absolute Gasteiger partial charge is 0.261 e. The minimum atomic E-state index is -4.00. The van der Waals surface area contributed by atoms with Gasteiger partial charge in [0, 0.05) is 30.5 Å². The molecule has 0 aliphatic carbocycles. The van der Waals surface area contributed by atoms with E-state index in [2.05, 4.69) is 45.5 Å². The molecule has 14 heteroatoms. The number of morpholine rings is 1. The Hall–Kier alpha value is -4.17. The fourth-order valence-corrected chi connectivity index (χ4v) is 4.76. The second kappa shape index (κ2) is 9.83. The van der Waals surface area contributed by atoms with E-state index in [1.807, 2.05) is 13.0 Å². The van der Waals surface area contributed by atoms with E-state index in [4.69, 9.17) is 4.74 Å². The van der Waals surface area contributed by atoms with Crippen molar-refractivity contribution in [1.82, 2.24) is 30.6 Å². The molecular formula is C22H22FN9O3S. The summed E-state index contributed by atoms with van der Waals surface area (Å²) in [5, 5.41) is 16.2. The normalized spacial score (nSPS) is 14.0. The van der Waals surface area contributed by atoms with Crippen molar-refractivity contribution in [3.8, 4) is 11.4 Å². The summed E-state index contributed by atoms with van der Waals surface area (Å²) in [5.41, 5.74) is 0.965. The quantitative estimate of drug-likeness (QED) is 0.337. The molecule has 4 aromatic rings. The average molecular weight is 512 g/mol. The molecular weight excluding hydrogens is 489 g/mol. The highest BCUT2D eigenvalue weighted by atomic mass is 32.2. The number of aromatic nitrogens is 6. The number of hydrogen-bond donors (Lipinski definition) is 3. The molecule has 2 aromatic heterocycles. The lowest BCUT2D eigenvalue weighted by molar-refractivity contribution is 0.122. The van der Waals surface area contributed by atoms with Crippen LogP contribution >= 0.6 is 0 Å². The summed E-state index contributed by atoms with van der Waals surface area (Å²) in [7, 11) is -4.00. The first kappa shape index (κ1) is 23.6. The molecule has 36 heavy (non-hydrogen) atoms. The first-order chi connectivity index (χ1) is 17.4. The number of halogens is 1. The van der Waals surface area contributed by atoms with Crippen LogP contribution in [-0.2, 0) is 14.8 Å². The van der Waals surface area contributed by atoms with Gasteiger partial charge >= 0.3 is 0 Å². The second-order valence-electron chi connectivity index (χ2n) is 7.94. The van der Waals surface area contributed by atoms with Crippen LogP contribution < -0.4 is 14.9 Å². The van der Waals surface area contributed by atoms with Crippen LogP contribution in [0.15, 0.2) is 53.4 Å². The van der Waals surface area contributed by atoms with Crippen LogP contribution in [0.2, 0.25) is 0 Å². The lowest BCUT2D eigenvalue weighted by Crippen LogP contribution is -2.36. The Labute approximate surface area is 206 Å². The van der Waals surface area contributed by atoms with Crippen LogP contribution in [-0.4, -0.2) is 65.3 Å². The number of tetrazole rings is 1. The Kier molecular flexibility index (Phi) is 6.43. The second-order valence-corrected chi connectivity index (χ2v) is 9.63. The molecule has 1 saturated heterocycles. The van der Waals surface area contributed by atoms with Gasteiger partial charge in [-0.25, -0.2) is 22.8 Å². The predicted octanol–water partition coefficient (Wildman–Crippen LogP) is 2.49. The van der Waals surface area contributed by atoms with Crippen molar-refractivity contribution in [3.63, 3.8) is 0 Å². The molecule has 0 amide bonds. The molecule has 3 N–H and O–H groups in total. The Morgan fingerprint density at radius 2 is 1.78 bits per heavy atom. The monoisotopic (exact) mass is 511 g/mol. The van der Waals surface area contributed by atoms with E-state index in [-0.39, 0.29) is 16.3 Å². The van der Waals surface area contributed by atoms with Crippen molar-refractivity contribution in [3.05, 3.63) is 60.2 Å². The number of nitrogens with one attached hydrogen (secondary N) is 3. The minimum Gasteiger partial charge on any atom is -0.378 e. The largest absolute Gasteiger partial charge is 0.378 e. The van der Waals surface area contributed by atoms with Gasteiger partial charge in [0.05, 0.1) is 23.7 Å². The van der Waals surface area contributed by atoms with Crippen molar-refractivity contribution >= 4 is 33.0 Å². The van der Waals surface area contributed by atoms with E-state index in [1.54, 1.807) is 24.3 Å². The highest BCUT2D eigenvalue weighted by molar-refractivity contribution is 7.92. The summed E-state index contributed by atoms with van der Waals surface area (Å²) in [6.45, 7) is 4.65. The summed E-state index contributed by atoms with van der Waals surface area (Å²) in [5.74, 6) is 1.36. The van der Waals surface area contributed by atoms with Crippen molar-refractivity contribution in [1.29, 1.82) is 0 Å². The molecule has 12 nitrogen and oxygen atoms in total. The van der Waals surface area contributed by atoms with Gasteiger partial charge in [0.15, 0.2) is 0 Å². The van der Waals surface area contributed by atoms with E-state index in [1.165, 1.54) is 6.07 Å². The molecule has 0 saturated carbocycles. The van der Waals surface area contributed by atoms with Crippen LogP contribution in [0.1, 0.15) is 5.82 Å². The lowest BCUT2D eigenvalue weighted by atomic mass is 10.2. The molecule has 3 heterocycles. The number of benzene rings is 2. The fraction of sp³-hybridized carbons (Fsp3) is 0.227. The van der Waals surface area contributed by atoms with E-state index in [9.17, 15) is 12.8 Å². The molecule has 2 aromatic carbocycles. The maximum atomic E-state index is 14.2. The number of nitrogens with zero attached hydrogens (tertiary/aromatic N) is 6. The lowest BCUT2D eigenvalue weighted by Gasteiger charge is -2.28. The summed E-state index contributed by atoms with van der Waals surface area (Å²) in [4.78, 5) is 11.0. The summed E-state index contributed by atoms with van der Waals surface area (Å²) >= 11 is 0. The maximum absolute atomic E-state index is 14.2. The Balaban J connectivity index is 1.30. The van der Waals surface area contributed by atoms with Gasteiger partial charge in [0.25, 0.3) is 10.0 Å². The van der Waals surface area contributed by atoms with Gasteiger partial charge in [-0.2, -0.15) is 5.21 Å². The van der Waals surface area contributed by atoms with Gasteiger partial charge in [0.2, 0.25) is 5.82 Å². The number of rotatable bonds is 7. The first-order valence-electron chi connectivity index (χ1n) is 11.0. The third kappa shape index (κ3) is 5.23. The van der Waals surface area contributed by atoms with Crippen LogP contribution in [0.3, 0.4) is 0 Å². The zero-order valence-electron chi connectivity index (χ0n) is 19.1. The van der Waals surface area contributed by atoms with E-state index in [0.717, 1.165) is 31.0 Å². The van der Waals surface area contributed by atoms with Crippen molar-refractivity contribution < 1.29 is 17.5 Å². The molecule has 5 rings (SSSR count). The summed E-state index contributed by atoms with van der Waals surface area (Å²) in [6, 6.07) is 11.9. The minimum absolute atomic E-state index is 0.0447. The summed E-state index contributed by atoms with van der Waals surface area (Å²) in [6.07, 6.45) is 0. The van der Waals surface area contributed by atoms with Gasteiger partial charge in [-0.1, -0.05) is 0 Å². The van der Waals surface area contributed by atoms with Crippen LogP contribution in [0.4, 0.5) is 27.4 Å². The summed E-state index contributed by atoms with van der Waals surface area (Å²) < 4.78 is 47.8. The Morgan fingerprint density at radius 1 is 1.03 bits per heavy atom. The van der Waals surface area contributed by atoms with E-state index in [0.29, 0.717) is 36.2 Å². The molecule has 0 bridgehead atoms. The number of aromatic amines is 1. The third-order valence-corrected chi connectivity index (χ3v) is 6.78. The molecule has 0 atom stereocenters. The molecule has 1 aliphatic heterocycles. The topological polar surface area (TPSA) is 151 Å². The number of H-pyrrole nitrogens is 1. The van der Waals surface area contributed by atoms with Crippen LogP contribution in [0, 0.1) is 12.7 Å². The Bertz CT molecular complexity index is 1460. The van der Waals surface area contributed by atoms with Gasteiger partial charge in [-0.3, -0.25) is 4.72 Å². The van der Waals surface area contributed by atoms with E-state index >= 15 is 0 Å². The predicted molar refractivity (Wildman–Crippen MR) is 130 cm³/mol. The van der Waals surface area contributed by atoms with Crippen molar-refractivity contribution in [2.75, 3.05) is 41.2 Å². The number of sulfonamides is 1.